The molecule has 8 heteroatoms. The molecule has 3 aromatic rings. The van der Waals surface area contributed by atoms with E-state index in [4.69, 9.17) is 9.47 Å². The molecule has 0 saturated carbocycles. The summed E-state index contributed by atoms with van der Waals surface area (Å²) in [5.74, 6) is 2.16. The van der Waals surface area contributed by atoms with Crippen molar-refractivity contribution in [1.82, 2.24) is 14.9 Å². The molecule has 0 spiro atoms. The van der Waals surface area contributed by atoms with E-state index in [1.807, 2.05) is 53.4 Å². The molecule has 1 aliphatic rings. The molecule has 0 aliphatic carbocycles. The monoisotopic (exact) mass is 447 g/mol. The summed E-state index contributed by atoms with van der Waals surface area (Å²) in [4.78, 5) is 25.6. The first kappa shape index (κ1) is 22.4. The van der Waals surface area contributed by atoms with E-state index < -0.39 is 0 Å². The number of nitrogens with one attached hydrogen (secondary N) is 1. The lowest BCUT2D eigenvalue weighted by Gasteiger charge is -2.35. The maximum absolute atomic E-state index is 12.7. The number of ether oxygens (including phenoxy) is 2. The second kappa shape index (κ2) is 10.2. The summed E-state index contributed by atoms with van der Waals surface area (Å²) in [5.41, 5.74) is 3.79. The number of carbonyl (C=O) groups excluding carboxylic acids is 1. The standard InChI is InChI=1S/C25H29N5O3/c1-4-18-5-8-20(9-6-18)28-25(31)30-13-11-29(12-14-30)24-16-21(26-17-27-24)19-7-10-22(32-2)23(15-19)33-3/h5-10,15-17H,4,11-14H2,1-3H3,(H,28,31). The van der Waals surface area contributed by atoms with Crippen LogP contribution in [-0.2, 0) is 6.42 Å². The van der Waals surface area contributed by atoms with E-state index in [1.54, 1.807) is 20.5 Å². The lowest BCUT2D eigenvalue weighted by Crippen LogP contribution is -2.50. The van der Waals surface area contributed by atoms with E-state index in [-0.39, 0.29) is 6.03 Å². The van der Waals surface area contributed by atoms with Gasteiger partial charge in [-0.2, -0.15) is 0 Å². The fraction of sp³-hybridized carbons (Fsp3) is 0.320. The Morgan fingerprint density at radius 3 is 2.33 bits per heavy atom. The summed E-state index contributed by atoms with van der Waals surface area (Å²) in [6.07, 6.45) is 2.55. The van der Waals surface area contributed by atoms with Crippen LogP contribution in [-0.4, -0.2) is 61.3 Å². The summed E-state index contributed by atoms with van der Waals surface area (Å²) in [6, 6.07) is 15.6. The number of methoxy groups -OCH3 is 2. The summed E-state index contributed by atoms with van der Waals surface area (Å²) in [6.45, 7) is 4.75. The first-order chi connectivity index (χ1) is 16.1. The van der Waals surface area contributed by atoms with Crippen molar-refractivity contribution in [3.63, 3.8) is 0 Å². The van der Waals surface area contributed by atoms with Crippen molar-refractivity contribution in [2.75, 3.05) is 50.6 Å². The van der Waals surface area contributed by atoms with Gasteiger partial charge in [-0.3, -0.25) is 0 Å². The molecule has 2 aromatic carbocycles. The Morgan fingerprint density at radius 2 is 1.67 bits per heavy atom. The Morgan fingerprint density at radius 1 is 0.939 bits per heavy atom. The number of aromatic nitrogens is 2. The van der Waals surface area contributed by atoms with E-state index >= 15 is 0 Å². The van der Waals surface area contributed by atoms with Gasteiger partial charge >= 0.3 is 6.03 Å². The predicted molar refractivity (Wildman–Crippen MR) is 129 cm³/mol. The third kappa shape index (κ3) is 5.16. The third-order valence-corrected chi connectivity index (χ3v) is 5.84. The minimum absolute atomic E-state index is 0.0763. The number of aryl methyl sites for hydroxylation is 1. The zero-order chi connectivity index (χ0) is 23.2. The van der Waals surface area contributed by atoms with Crippen LogP contribution in [0.5, 0.6) is 11.5 Å². The van der Waals surface area contributed by atoms with E-state index in [1.165, 1.54) is 5.56 Å². The molecule has 0 bridgehead atoms. The average molecular weight is 448 g/mol. The third-order valence-electron chi connectivity index (χ3n) is 5.84. The minimum atomic E-state index is -0.0763. The number of carbonyl (C=O) groups is 1. The van der Waals surface area contributed by atoms with Crippen LogP contribution in [0, 0.1) is 0 Å². The highest BCUT2D eigenvalue weighted by Crippen LogP contribution is 2.32. The number of benzene rings is 2. The largest absolute Gasteiger partial charge is 0.493 e. The SMILES string of the molecule is CCc1ccc(NC(=O)N2CCN(c3cc(-c4ccc(OC)c(OC)c4)ncn3)CC2)cc1. The van der Waals surface area contributed by atoms with Crippen LogP contribution in [0.2, 0.25) is 0 Å². The molecule has 8 nitrogen and oxygen atoms in total. The highest BCUT2D eigenvalue weighted by molar-refractivity contribution is 5.89. The maximum Gasteiger partial charge on any atom is 0.321 e. The first-order valence-corrected chi connectivity index (χ1v) is 11.1. The van der Waals surface area contributed by atoms with Crippen molar-refractivity contribution in [3.8, 4) is 22.8 Å². The molecule has 1 saturated heterocycles. The van der Waals surface area contributed by atoms with Crippen LogP contribution < -0.4 is 19.7 Å². The van der Waals surface area contributed by atoms with Gasteiger partial charge in [0.15, 0.2) is 11.5 Å². The topological polar surface area (TPSA) is 79.8 Å². The van der Waals surface area contributed by atoms with Gasteiger partial charge in [0, 0.05) is 43.5 Å². The number of piperazine rings is 1. The molecule has 2 heterocycles. The lowest BCUT2D eigenvalue weighted by molar-refractivity contribution is 0.208. The zero-order valence-electron chi connectivity index (χ0n) is 19.2. The van der Waals surface area contributed by atoms with Gasteiger partial charge in [-0.15, -0.1) is 0 Å². The molecule has 1 N–H and O–H groups in total. The Kier molecular flexibility index (Phi) is 6.92. The Bertz CT molecular complexity index is 1100. The van der Waals surface area contributed by atoms with Gasteiger partial charge in [0.2, 0.25) is 0 Å². The number of amides is 2. The molecule has 1 fully saturated rings. The van der Waals surface area contributed by atoms with Crippen LogP contribution in [0.3, 0.4) is 0 Å². The van der Waals surface area contributed by atoms with Crippen molar-refractivity contribution in [1.29, 1.82) is 0 Å². The van der Waals surface area contributed by atoms with Crippen molar-refractivity contribution in [3.05, 3.63) is 60.4 Å². The molecular formula is C25H29N5O3. The molecule has 1 aliphatic heterocycles. The fourth-order valence-corrected chi connectivity index (χ4v) is 3.84. The second-order valence-electron chi connectivity index (χ2n) is 7.79. The first-order valence-electron chi connectivity index (χ1n) is 11.1. The van der Waals surface area contributed by atoms with E-state index in [9.17, 15) is 4.79 Å². The Hall–Kier alpha value is -3.81. The molecule has 0 radical (unpaired) electrons. The molecule has 172 valence electrons. The van der Waals surface area contributed by atoms with Gasteiger partial charge in [0.25, 0.3) is 0 Å². The summed E-state index contributed by atoms with van der Waals surface area (Å²) < 4.78 is 10.7. The molecule has 1 aromatic heterocycles. The number of hydrogen-bond donors (Lipinski definition) is 1. The van der Waals surface area contributed by atoms with E-state index in [0.29, 0.717) is 37.7 Å². The number of hydrogen-bond acceptors (Lipinski definition) is 6. The smallest absolute Gasteiger partial charge is 0.321 e. The van der Waals surface area contributed by atoms with Crippen LogP contribution in [0.1, 0.15) is 12.5 Å². The maximum atomic E-state index is 12.7. The van der Waals surface area contributed by atoms with Gasteiger partial charge < -0.3 is 24.6 Å². The molecule has 4 rings (SSSR count). The van der Waals surface area contributed by atoms with Crippen LogP contribution >= 0.6 is 0 Å². The number of rotatable bonds is 6. The van der Waals surface area contributed by atoms with Gasteiger partial charge in [-0.05, 0) is 42.3 Å². The molecule has 0 atom stereocenters. The summed E-state index contributed by atoms with van der Waals surface area (Å²) in [5, 5.41) is 2.99. The summed E-state index contributed by atoms with van der Waals surface area (Å²) in [7, 11) is 3.23. The fourth-order valence-electron chi connectivity index (χ4n) is 3.84. The predicted octanol–water partition coefficient (Wildman–Crippen LogP) is 4.08. The number of urea groups is 1. The molecule has 2 amide bonds. The van der Waals surface area contributed by atoms with Crippen molar-refractivity contribution < 1.29 is 14.3 Å². The minimum Gasteiger partial charge on any atom is -0.493 e. The molecule has 33 heavy (non-hydrogen) atoms. The van der Waals surface area contributed by atoms with E-state index in [2.05, 4.69) is 27.1 Å². The van der Waals surface area contributed by atoms with Crippen molar-refractivity contribution >= 4 is 17.5 Å². The van der Waals surface area contributed by atoms with Crippen LogP contribution in [0.4, 0.5) is 16.3 Å². The quantitative estimate of drug-likeness (QED) is 0.613. The Balaban J connectivity index is 1.39. The van der Waals surface area contributed by atoms with Gasteiger partial charge in [0.05, 0.1) is 19.9 Å². The average Bonchev–Trinajstić information content (AvgIpc) is 2.88. The van der Waals surface area contributed by atoms with Gasteiger partial charge in [0.1, 0.15) is 12.1 Å². The highest BCUT2D eigenvalue weighted by Gasteiger charge is 2.22. The van der Waals surface area contributed by atoms with E-state index in [0.717, 1.165) is 29.2 Å². The second-order valence-corrected chi connectivity index (χ2v) is 7.79. The highest BCUT2D eigenvalue weighted by atomic mass is 16.5. The van der Waals surface area contributed by atoms with Gasteiger partial charge in [-0.1, -0.05) is 19.1 Å². The Labute approximate surface area is 194 Å². The summed E-state index contributed by atoms with van der Waals surface area (Å²) >= 11 is 0. The lowest BCUT2D eigenvalue weighted by atomic mass is 10.1. The van der Waals surface area contributed by atoms with Crippen LogP contribution in [0.15, 0.2) is 54.9 Å². The number of anilines is 2. The van der Waals surface area contributed by atoms with Gasteiger partial charge in [-0.25, -0.2) is 14.8 Å². The normalized spacial score (nSPS) is 13.5. The van der Waals surface area contributed by atoms with Crippen LogP contribution in [0.25, 0.3) is 11.3 Å². The molecular weight excluding hydrogens is 418 g/mol. The zero-order valence-corrected chi connectivity index (χ0v) is 19.2. The number of nitrogens with zero attached hydrogens (tertiary/aromatic N) is 4. The van der Waals surface area contributed by atoms with Crippen molar-refractivity contribution in [2.45, 2.75) is 13.3 Å². The molecule has 0 unspecified atom stereocenters. The van der Waals surface area contributed by atoms with Crippen molar-refractivity contribution in [2.24, 2.45) is 0 Å².